The summed E-state index contributed by atoms with van der Waals surface area (Å²) in [5, 5.41) is 2.50. The molecule has 0 atom stereocenters. The van der Waals surface area contributed by atoms with Gasteiger partial charge in [0, 0.05) is 12.8 Å². The lowest BCUT2D eigenvalue weighted by molar-refractivity contribution is -0.118. The van der Waals surface area contributed by atoms with Crippen molar-refractivity contribution in [2.24, 2.45) is 0 Å². The number of carbonyl (C=O) groups excluding carboxylic acids is 1. The van der Waals surface area contributed by atoms with Crippen LogP contribution in [0, 0.1) is 0 Å². The van der Waals surface area contributed by atoms with Crippen LogP contribution in [0.2, 0.25) is 0 Å². The fourth-order valence-corrected chi connectivity index (χ4v) is 1.33. The van der Waals surface area contributed by atoms with Gasteiger partial charge in [-0.3, -0.25) is 4.79 Å². The number of sulfone groups is 1. The molecule has 0 aliphatic carbocycles. The summed E-state index contributed by atoms with van der Waals surface area (Å²) in [4.78, 5) is 10.9. The van der Waals surface area contributed by atoms with Gasteiger partial charge in [0.05, 0.1) is 0 Å². The summed E-state index contributed by atoms with van der Waals surface area (Å²) < 4.78 is 21.3. The van der Waals surface area contributed by atoms with E-state index in [0.29, 0.717) is 6.54 Å². The molecule has 13 heavy (non-hydrogen) atoms. The first-order chi connectivity index (χ1) is 5.95. The van der Waals surface area contributed by atoms with Gasteiger partial charge in [-0.05, 0) is 13.3 Å². The number of carbonyl (C=O) groups is 1. The van der Waals surface area contributed by atoms with Gasteiger partial charge in [0.15, 0.2) is 9.84 Å². The summed E-state index contributed by atoms with van der Waals surface area (Å²) in [5.41, 5.74) is 0. The highest BCUT2D eigenvalue weighted by Crippen LogP contribution is 1.84. The summed E-state index contributed by atoms with van der Waals surface area (Å²) in [7, 11) is -3.20. The van der Waals surface area contributed by atoms with Gasteiger partial charge in [0.1, 0.15) is 5.75 Å². The van der Waals surface area contributed by atoms with Gasteiger partial charge in [0.2, 0.25) is 5.91 Å². The molecule has 4 nitrogen and oxygen atoms in total. The fraction of sp³-hybridized carbons (Fsp3) is 0.625. The zero-order chi connectivity index (χ0) is 10.3. The summed E-state index contributed by atoms with van der Waals surface area (Å²) in [6.45, 7) is 2.37. The summed E-state index contributed by atoms with van der Waals surface area (Å²) >= 11 is 0. The van der Waals surface area contributed by atoms with E-state index >= 15 is 0 Å². The highest BCUT2D eigenvalue weighted by atomic mass is 32.2. The Bertz CT molecular complexity index is 280. The summed E-state index contributed by atoms with van der Waals surface area (Å²) in [6.07, 6.45) is 5.55. The highest BCUT2D eigenvalue weighted by Gasteiger charge is 2.08. The molecule has 0 rings (SSSR count). The maximum Gasteiger partial charge on any atom is 0.235 e. The molecule has 0 radical (unpaired) electrons. The third-order valence-electron chi connectivity index (χ3n) is 1.26. The van der Waals surface area contributed by atoms with Gasteiger partial charge in [-0.2, -0.15) is 0 Å². The average molecular weight is 205 g/mol. The number of allylic oxidation sites excluding steroid dienone is 1. The van der Waals surface area contributed by atoms with Gasteiger partial charge in [-0.25, -0.2) is 8.42 Å². The van der Waals surface area contributed by atoms with Crippen molar-refractivity contribution in [1.82, 2.24) is 5.32 Å². The van der Waals surface area contributed by atoms with Crippen molar-refractivity contribution >= 4 is 15.7 Å². The zero-order valence-corrected chi connectivity index (χ0v) is 8.73. The third kappa shape index (κ3) is 9.07. The van der Waals surface area contributed by atoms with E-state index in [2.05, 4.69) is 5.32 Å². The van der Waals surface area contributed by atoms with Crippen LogP contribution in [0.1, 0.15) is 13.3 Å². The number of amides is 1. The van der Waals surface area contributed by atoms with Crippen LogP contribution < -0.4 is 5.32 Å². The van der Waals surface area contributed by atoms with E-state index in [9.17, 15) is 13.2 Å². The molecule has 0 aliphatic heterocycles. The quantitative estimate of drug-likeness (QED) is 0.512. The number of hydrogen-bond acceptors (Lipinski definition) is 3. The van der Waals surface area contributed by atoms with E-state index in [1.54, 1.807) is 0 Å². The van der Waals surface area contributed by atoms with Crippen LogP contribution in [0.15, 0.2) is 12.2 Å². The van der Waals surface area contributed by atoms with Crippen LogP contribution in [-0.2, 0) is 14.6 Å². The first-order valence-corrected chi connectivity index (χ1v) is 6.07. The molecule has 0 fully saturated rings. The van der Waals surface area contributed by atoms with Crippen molar-refractivity contribution in [3.8, 4) is 0 Å². The Morgan fingerprint density at radius 2 is 2.08 bits per heavy atom. The Morgan fingerprint density at radius 1 is 1.46 bits per heavy atom. The largest absolute Gasteiger partial charge is 0.355 e. The topological polar surface area (TPSA) is 63.2 Å². The molecule has 0 saturated heterocycles. The molecule has 0 aromatic heterocycles. The van der Waals surface area contributed by atoms with Crippen molar-refractivity contribution < 1.29 is 13.2 Å². The predicted octanol–water partition coefficient (Wildman–Crippen LogP) is 0.113. The third-order valence-corrected chi connectivity index (χ3v) is 2.05. The average Bonchev–Trinajstić information content (AvgIpc) is 1.94. The van der Waals surface area contributed by atoms with E-state index in [0.717, 1.165) is 12.7 Å². The van der Waals surface area contributed by atoms with Crippen LogP contribution in [0.5, 0.6) is 0 Å². The Labute approximate surface area is 78.9 Å². The Morgan fingerprint density at radius 3 is 2.54 bits per heavy atom. The second kappa shape index (κ2) is 5.75. The molecular weight excluding hydrogens is 190 g/mol. The second-order valence-corrected chi connectivity index (χ2v) is 4.92. The van der Waals surface area contributed by atoms with Crippen molar-refractivity contribution in [1.29, 1.82) is 0 Å². The SMILES string of the molecule is C/C=C/CCNC(=O)CS(C)(=O)=O. The smallest absolute Gasteiger partial charge is 0.235 e. The highest BCUT2D eigenvalue weighted by molar-refractivity contribution is 7.91. The minimum absolute atomic E-state index is 0.428. The molecule has 0 bridgehead atoms. The molecule has 0 aromatic carbocycles. The van der Waals surface area contributed by atoms with Crippen LogP contribution in [0.4, 0.5) is 0 Å². The standard InChI is InChI=1S/C8H15NO3S/c1-3-4-5-6-9-8(10)7-13(2,11)12/h3-4H,5-7H2,1-2H3,(H,9,10)/b4-3+. The van der Waals surface area contributed by atoms with Crippen LogP contribution in [-0.4, -0.2) is 32.9 Å². The molecular formula is C8H15NO3S. The minimum atomic E-state index is -3.20. The number of hydrogen-bond donors (Lipinski definition) is 1. The van der Waals surface area contributed by atoms with Crippen molar-refractivity contribution in [3.05, 3.63) is 12.2 Å². The molecule has 76 valence electrons. The normalized spacial score (nSPS) is 11.8. The van der Waals surface area contributed by atoms with E-state index in [1.807, 2.05) is 19.1 Å². The van der Waals surface area contributed by atoms with E-state index < -0.39 is 21.5 Å². The Balaban J connectivity index is 3.65. The molecule has 0 spiro atoms. The van der Waals surface area contributed by atoms with Gasteiger partial charge in [-0.15, -0.1) is 0 Å². The van der Waals surface area contributed by atoms with Crippen LogP contribution in [0.25, 0.3) is 0 Å². The number of rotatable bonds is 5. The van der Waals surface area contributed by atoms with E-state index in [4.69, 9.17) is 0 Å². The van der Waals surface area contributed by atoms with Crippen molar-refractivity contribution in [2.45, 2.75) is 13.3 Å². The maximum absolute atomic E-state index is 10.9. The first-order valence-electron chi connectivity index (χ1n) is 4.01. The lowest BCUT2D eigenvalue weighted by Gasteiger charge is -2.01. The maximum atomic E-state index is 10.9. The van der Waals surface area contributed by atoms with E-state index in [-0.39, 0.29) is 0 Å². The molecule has 0 aliphatic rings. The summed E-state index contributed by atoms with van der Waals surface area (Å²) in [6, 6.07) is 0. The molecule has 0 aromatic rings. The molecule has 5 heteroatoms. The minimum Gasteiger partial charge on any atom is -0.355 e. The van der Waals surface area contributed by atoms with E-state index in [1.165, 1.54) is 0 Å². The predicted molar refractivity (Wildman–Crippen MR) is 52.2 cm³/mol. The second-order valence-electron chi connectivity index (χ2n) is 2.78. The van der Waals surface area contributed by atoms with Gasteiger partial charge in [-0.1, -0.05) is 12.2 Å². The number of nitrogens with one attached hydrogen (secondary N) is 1. The van der Waals surface area contributed by atoms with Gasteiger partial charge < -0.3 is 5.32 Å². The fourth-order valence-electron chi connectivity index (χ4n) is 0.751. The lowest BCUT2D eigenvalue weighted by Crippen LogP contribution is -2.30. The molecule has 0 saturated carbocycles. The van der Waals surface area contributed by atoms with Crippen molar-refractivity contribution in [2.75, 3.05) is 18.6 Å². The van der Waals surface area contributed by atoms with Crippen LogP contribution in [0.3, 0.4) is 0 Å². The first kappa shape index (κ1) is 12.2. The van der Waals surface area contributed by atoms with Gasteiger partial charge in [0.25, 0.3) is 0 Å². The summed E-state index contributed by atoms with van der Waals surface area (Å²) in [5.74, 6) is -0.866. The lowest BCUT2D eigenvalue weighted by atomic mass is 10.4. The molecule has 1 N–H and O–H groups in total. The molecule has 1 amide bonds. The molecule has 0 unspecified atom stereocenters. The molecule has 0 heterocycles. The zero-order valence-electron chi connectivity index (χ0n) is 7.91. The van der Waals surface area contributed by atoms with Gasteiger partial charge >= 0.3 is 0 Å². The van der Waals surface area contributed by atoms with Crippen molar-refractivity contribution in [3.63, 3.8) is 0 Å². The Hall–Kier alpha value is -0.840. The van der Waals surface area contributed by atoms with Crippen LogP contribution >= 0.6 is 0 Å². The monoisotopic (exact) mass is 205 g/mol. The Kier molecular flexibility index (Phi) is 5.37.